The monoisotopic (exact) mass is 411 g/mol. The molecular formula is C22H18ClNO3S. The Kier molecular flexibility index (Phi) is 6.74. The van der Waals surface area contributed by atoms with Crippen molar-refractivity contribution in [2.24, 2.45) is 0 Å². The first-order valence-electron chi connectivity index (χ1n) is 8.54. The van der Waals surface area contributed by atoms with Crippen molar-refractivity contribution in [3.63, 3.8) is 0 Å². The van der Waals surface area contributed by atoms with E-state index < -0.39 is 11.2 Å². The first-order valence-corrected chi connectivity index (χ1v) is 9.79. The topological polar surface area (TPSA) is 55.4 Å². The van der Waals surface area contributed by atoms with Gasteiger partial charge in [0, 0.05) is 4.90 Å². The van der Waals surface area contributed by atoms with Gasteiger partial charge in [0.05, 0.1) is 23.4 Å². The van der Waals surface area contributed by atoms with Gasteiger partial charge in [0.15, 0.2) is 0 Å². The molecule has 0 fully saturated rings. The molecule has 0 aliphatic heterocycles. The summed E-state index contributed by atoms with van der Waals surface area (Å²) in [5.41, 5.74) is 1.55. The van der Waals surface area contributed by atoms with Gasteiger partial charge in [-0.15, -0.1) is 11.8 Å². The minimum atomic E-state index is -0.495. The highest BCUT2D eigenvalue weighted by Crippen LogP contribution is 2.36. The van der Waals surface area contributed by atoms with E-state index in [-0.39, 0.29) is 5.91 Å². The van der Waals surface area contributed by atoms with E-state index in [9.17, 15) is 9.59 Å². The number of rotatable bonds is 6. The second kappa shape index (κ2) is 9.44. The van der Waals surface area contributed by atoms with Crippen LogP contribution in [0.5, 0.6) is 0 Å². The summed E-state index contributed by atoms with van der Waals surface area (Å²) in [6.45, 7) is 0. The summed E-state index contributed by atoms with van der Waals surface area (Å²) in [5.74, 6) is -0.727. The standard InChI is InChI=1S/C22H18ClNO3S/c1-27-22(26)16-12-13-18(23)19(14-16)24-21(25)20(15-8-4-2-5-9-15)28-17-10-6-3-7-11-17/h2-14,20H,1H3,(H,24,25). The normalized spacial score (nSPS) is 11.5. The third-order valence-electron chi connectivity index (χ3n) is 3.98. The molecule has 0 heterocycles. The van der Waals surface area contributed by atoms with E-state index in [4.69, 9.17) is 16.3 Å². The number of amides is 1. The molecule has 1 atom stereocenters. The van der Waals surface area contributed by atoms with Crippen molar-refractivity contribution in [2.45, 2.75) is 10.1 Å². The van der Waals surface area contributed by atoms with Gasteiger partial charge in [0.1, 0.15) is 5.25 Å². The predicted molar refractivity (Wildman–Crippen MR) is 113 cm³/mol. The quantitative estimate of drug-likeness (QED) is 0.423. The summed E-state index contributed by atoms with van der Waals surface area (Å²) < 4.78 is 4.73. The fourth-order valence-corrected chi connectivity index (χ4v) is 3.81. The molecule has 1 unspecified atom stereocenters. The number of carbonyl (C=O) groups is 2. The number of methoxy groups -OCH3 is 1. The molecule has 1 N–H and O–H groups in total. The summed E-state index contributed by atoms with van der Waals surface area (Å²) in [4.78, 5) is 25.9. The summed E-state index contributed by atoms with van der Waals surface area (Å²) >= 11 is 7.67. The predicted octanol–water partition coefficient (Wildman–Crippen LogP) is 5.60. The van der Waals surface area contributed by atoms with Crippen LogP contribution in [0.25, 0.3) is 0 Å². The molecule has 0 radical (unpaired) electrons. The van der Waals surface area contributed by atoms with Gasteiger partial charge in [-0.2, -0.15) is 0 Å². The van der Waals surface area contributed by atoms with E-state index in [0.29, 0.717) is 16.3 Å². The van der Waals surface area contributed by atoms with Crippen molar-refractivity contribution in [2.75, 3.05) is 12.4 Å². The summed E-state index contributed by atoms with van der Waals surface area (Å²) in [6, 6.07) is 23.8. The first kappa shape index (κ1) is 20.0. The van der Waals surface area contributed by atoms with Crippen molar-refractivity contribution in [3.05, 3.63) is 95.0 Å². The average molecular weight is 412 g/mol. The Morgan fingerprint density at radius 2 is 1.61 bits per heavy atom. The Bertz CT molecular complexity index is 964. The number of esters is 1. The molecular weight excluding hydrogens is 394 g/mol. The molecule has 3 rings (SSSR count). The maximum Gasteiger partial charge on any atom is 0.337 e. The van der Waals surface area contributed by atoms with Gasteiger partial charge in [0.25, 0.3) is 0 Å². The largest absolute Gasteiger partial charge is 0.465 e. The van der Waals surface area contributed by atoms with Crippen LogP contribution in [0.15, 0.2) is 83.8 Å². The average Bonchev–Trinajstić information content (AvgIpc) is 2.74. The van der Waals surface area contributed by atoms with Gasteiger partial charge in [-0.1, -0.05) is 60.1 Å². The summed E-state index contributed by atoms with van der Waals surface area (Å²) in [5, 5.41) is 2.71. The van der Waals surface area contributed by atoms with Crippen LogP contribution in [0.4, 0.5) is 5.69 Å². The van der Waals surface area contributed by atoms with Gasteiger partial charge < -0.3 is 10.1 Å². The highest BCUT2D eigenvalue weighted by atomic mass is 35.5. The van der Waals surface area contributed by atoms with Crippen LogP contribution >= 0.6 is 23.4 Å². The minimum Gasteiger partial charge on any atom is -0.465 e. The summed E-state index contributed by atoms with van der Waals surface area (Å²) in [6.07, 6.45) is 0. The van der Waals surface area contributed by atoms with Gasteiger partial charge >= 0.3 is 5.97 Å². The number of hydrogen-bond donors (Lipinski definition) is 1. The molecule has 1 amide bonds. The van der Waals surface area contributed by atoms with E-state index in [1.54, 1.807) is 12.1 Å². The van der Waals surface area contributed by atoms with Crippen molar-refractivity contribution in [1.29, 1.82) is 0 Å². The van der Waals surface area contributed by atoms with Crippen LogP contribution in [0.2, 0.25) is 5.02 Å². The maximum absolute atomic E-state index is 13.1. The second-order valence-corrected chi connectivity index (χ2v) is 7.48. The van der Waals surface area contributed by atoms with E-state index in [1.807, 2.05) is 60.7 Å². The third kappa shape index (κ3) is 4.94. The molecule has 0 saturated carbocycles. The smallest absolute Gasteiger partial charge is 0.337 e. The first-order chi connectivity index (χ1) is 13.6. The van der Waals surface area contributed by atoms with Crippen LogP contribution in [-0.4, -0.2) is 19.0 Å². The Balaban J connectivity index is 1.89. The van der Waals surface area contributed by atoms with Gasteiger partial charge in [-0.3, -0.25) is 4.79 Å². The second-order valence-electron chi connectivity index (χ2n) is 5.90. The van der Waals surface area contributed by atoms with Crippen LogP contribution in [0.1, 0.15) is 21.2 Å². The molecule has 28 heavy (non-hydrogen) atoms. The number of anilines is 1. The van der Waals surface area contributed by atoms with E-state index >= 15 is 0 Å². The fourth-order valence-electron chi connectivity index (χ4n) is 2.60. The molecule has 3 aromatic rings. The highest BCUT2D eigenvalue weighted by Gasteiger charge is 2.23. The molecule has 6 heteroatoms. The number of ether oxygens (including phenoxy) is 1. The number of nitrogens with one attached hydrogen (secondary N) is 1. The molecule has 0 spiro atoms. The molecule has 0 saturated heterocycles. The lowest BCUT2D eigenvalue weighted by Crippen LogP contribution is -2.19. The lowest BCUT2D eigenvalue weighted by molar-refractivity contribution is -0.115. The van der Waals surface area contributed by atoms with Gasteiger partial charge in [-0.05, 0) is 35.9 Å². The lowest BCUT2D eigenvalue weighted by Gasteiger charge is -2.18. The maximum atomic E-state index is 13.1. The van der Waals surface area contributed by atoms with E-state index in [0.717, 1.165) is 10.5 Å². The molecule has 3 aromatic carbocycles. The lowest BCUT2D eigenvalue weighted by atomic mass is 10.1. The van der Waals surface area contributed by atoms with Crippen LogP contribution in [-0.2, 0) is 9.53 Å². The molecule has 142 valence electrons. The number of benzene rings is 3. The minimum absolute atomic E-state index is 0.232. The van der Waals surface area contributed by atoms with Crippen molar-refractivity contribution < 1.29 is 14.3 Å². The molecule has 0 bridgehead atoms. The number of halogens is 1. The Labute approximate surface area is 172 Å². The van der Waals surface area contributed by atoms with Crippen molar-refractivity contribution in [1.82, 2.24) is 0 Å². The number of hydrogen-bond acceptors (Lipinski definition) is 4. The van der Waals surface area contributed by atoms with Gasteiger partial charge in [0.2, 0.25) is 5.91 Å². The van der Waals surface area contributed by atoms with Crippen LogP contribution in [0, 0.1) is 0 Å². The fraction of sp³-hybridized carbons (Fsp3) is 0.0909. The number of thioether (sulfide) groups is 1. The van der Waals surface area contributed by atoms with Crippen molar-refractivity contribution >= 4 is 40.9 Å². The van der Waals surface area contributed by atoms with Gasteiger partial charge in [-0.25, -0.2) is 4.79 Å². The van der Waals surface area contributed by atoms with Crippen LogP contribution in [0.3, 0.4) is 0 Å². The molecule has 0 aromatic heterocycles. The van der Waals surface area contributed by atoms with Crippen molar-refractivity contribution in [3.8, 4) is 0 Å². The third-order valence-corrected chi connectivity index (χ3v) is 5.58. The Morgan fingerprint density at radius 1 is 0.964 bits per heavy atom. The Morgan fingerprint density at radius 3 is 2.25 bits per heavy atom. The summed E-state index contributed by atoms with van der Waals surface area (Å²) in [7, 11) is 1.30. The zero-order valence-electron chi connectivity index (χ0n) is 15.1. The van der Waals surface area contributed by atoms with Crippen LogP contribution < -0.4 is 5.32 Å². The molecule has 0 aliphatic rings. The molecule has 0 aliphatic carbocycles. The SMILES string of the molecule is COC(=O)c1ccc(Cl)c(NC(=O)C(Sc2ccccc2)c2ccccc2)c1. The van der Waals surface area contributed by atoms with E-state index in [2.05, 4.69) is 5.32 Å². The zero-order chi connectivity index (χ0) is 19.9. The number of carbonyl (C=O) groups excluding carboxylic acids is 2. The molecule has 4 nitrogen and oxygen atoms in total. The highest BCUT2D eigenvalue weighted by molar-refractivity contribution is 8.00. The van der Waals surface area contributed by atoms with E-state index in [1.165, 1.54) is 24.9 Å². The Hall–Kier alpha value is -2.76. The zero-order valence-corrected chi connectivity index (χ0v) is 16.7.